The minimum absolute atomic E-state index is 0.249. The van der Waals surface area contributed by atoms with Gasteiger partial charge in [-0.3, -0.25) is 0 Å². The molecule has 1 heterocycles. The van der Waals surface area contributed by atoms with Crippen molar-refractivity contribution in [1.82, 2.24) is 0 Å². The van der Waals surface area contributed by atoms with E-state index in [2.05, 4.69) is 32.2 Å². The van der Waals surface area contributed by atoms with Gasteiger partial charge in [0.05, 0.1) is 12.8 Å². The molecule has 0 radical (unpaired) electrons. The Morgan fingerprint density at radius 1 is 1.33 bits per heavy atom. The zero-order valence-electron chi connectivity index (χ0n) is 9.98. The van der Waals surface area contributed by atoms with E-state index in [1.165, 1.54) is 23.2 Å². The lowest BCUT2D eigenvalue weighted by Crippen LogP contribution is -2.29. The fourth-order valence-electron chi connectivity index (χ4n) is 2.53. The summed E-state index contributed by atoms with van der Waals surface area (Å²) in [5, 5.41) is 3.45. The number of fused-ring (bicyclic) bond motifs is 1. The van der Waals surface area contributed by atoms with Crippen LogP contribution in [-0.2, 0) is 5.41 Å². The number of nitrogens with one attached hydrogen (secondary N) is 1. The Balaban J connectivity index is 2.65. The van der Waals surface area contributed by atoms with Gasteiger partial charge in [-0.05, 0) is 36.0 Å². The fraction of sp³-hybridized carbons (Fsp3) is 0.538. The molecular formula is C13H19NO. The van der Waals surface area contributed by atoms with E-state index in [-0.39, 0.29) is 5.41 Å². The highest BCUT2D eigenvalue weighted by Crippen LogP contribution is 2.43. The second-order valence-corrected chi connectivity index (χ2v) is 4.90. The van der Waals surface area contributed by atoms with Crippen molar-refractivity contribution >= 4 is 5.69 Å². The lowest BCUT2D eigenvalue weighted by molar-refractivity contribution is 0.408. The van der Waals surface area contributed by atoms with Gasteiger partial charge in [-0.2, -0.15) is 0 Å². The zero-order chi connectivity index (χ0) is 11.1. The van der Waals surface area contributed by atoms with E-state index in [1.54, 1.807) is 7.11 Å². The van der Waals surface area contributed by atoms with Crippen LogP contribution >= 0.6 is 0 Å². The molecule has 0 spiro atoms. The molecular weight excluding hydrogens is 186 g/mol. The van der Waals surface area contributed by atoms with Gasteiger partial charge in [0.2, 0.25) is 0 Å². The third-order valence-electron chi connectivity index (χ3n) is 3.32. The Bertz CT molecular complexity index is 382. The molecule has 0 atom stereocenters. The molecule has 1 aliphatic heterocycles. The van der Waals surface area contributed by atoms with Crippen LogP contribution in [0.5, 0.6) is 5.75 Å². The van der Waals surface area contributed by atoms with Crippen LogP contribution in [0.25, 0.3) is 0 Å². The maximum atomic E-state index is 5.40. The Hall–Kier alpha value is -1.18. The molecule has 0 aliphatic carbocycles. The molecule has 2 heteroatoms. The van der Waals surface area contributed by atoms with Gasteiger partial charge >= 0.3 is 0 Å². The van der Waals surface area contributed by atoms with Gasteiger partial charge in [0.1, 0.15) is 5.75 Å². The Kier molecular flexibility index (Phi) is 2.37. The highest BCUT2D eigenvalue weighted by molar-refractivity contribution is 5.68. The van der Waals surface area contributed by atoms with Crippen LogP contribution in [-0.4, -0.2) is 13.7 Å². The highest BCUT2D eigenvalue weighted by Gasteiger charge is 2.30. The lowest BCUT2D eigenvalue weighted by Gasteiger charge is -2.35. The zero-order valence-corrected chi connectivity index (χ0v) is 9.98. The average Bonchev–Trinajstić information content (AvgIpc) is 2.17. The largest absolute Gasteiger partial charge is 0.495 e. The van der Waals surface area contributed by atoms with Crippen molar-refractivity contribution in [3.63, 3.8) is 0 Å². The molecule has 1 N–H and O–H groups in total. The highest BCUT2D eigenvalue weighted by atomic mass is 16.5. The number of benzene rings is 1. The molecule has 2 nitrogen and oxygen atoms in total. The number of hydrogen-bond acceptors (Lipinski definition) is 2. The summed E-state index contributed by atoms with van der Waals surface area (Å²) in [4.78, 5) is 0. The maximum absolute atomic E-state index is 5.40. The normalized spacial score (nSPS) is 17.9. The third-order valence-corrected chi connectivity index (χ3v) is 3.32. The van der Waals surface area contributed by atoms with Crippen LogP contribution in [0.15, 0.2) is 12.1 Å². The van der Waals surface area contributed by atoms with E-state index in [4.69, 9.17) is 4.74 Å². The second-order valence-electron chi connectivity index (χ2n) is 4.90. The van der Waals surface area contributed by atoms with Crippen molar-refractivity contribution < 1.29 is 4.74 Å². The minimum Gasteiger partial charge on any atom is -0.495 e. The van der Waals surface area contributed by atoms with Gasteiger partial charge in [-0.1, -0.05) is 19.9 Å². The molecule has 0 saturated carbocycles. The van der Waals surface area contributed by atoms with Crippen molar-refractivity contribution in [1.29, 1.82) is 0 Å². The molecule has 0 saturated heterocycles. The standard InChI is InChI=1S/C13H19NO/c1-9-5-6-10(15-4)12-11(9)13(2,3)7-8-14-12/h5-6,14H,7-8H2,1-4H3. The van der Waals surface area contributed by atoms with Gasteiger partial charge in [0.25, 0.3) is 0 Å². The topological polar surface area (TPSA) is 21.3 Å². The third kappa shape index (κ3) is 1.58. The van der Waals surface area contributed by atoms with Crippen LogP contribution in [0.3, 0.4) is 0 Å². The van der Waals surface area contributed by atoms with E-state index < -0.39 is 0 Å². The number of rotatable bonds is 1. The van der Waals surface area contributed by atoms with E-state index in [9.17, 15) is 0 Å². The minimum atomic E-state index is 0.249. The number of hydrogen-bond donors (Lipinski definition) is 1. The van der Waals surface area contributed by atoms with Crippen molar-refractivity contribution in [2.24, 2.45) is 0 Å². The maximum Gasteiger partial charge on any atom is 0.142 e. The summed E-state index contributed by atoms with van der Waals surface area (Å²) in [5.74, 6) is 0.961. The van der Waals surface area contributed by atoms with Crippen molar-refractivity contribution in [2.45, 2.75) is 32.6 Å². The molecule has 0 amide bonds. The summed E-state index contributed by atoms with van der Waals surface area (Å²) >= 11 is 0. The molecule has 0 fully saturated rings. The Morgan fingerprint density at radius 2 is 2.07 bits per heavy atom. The molecule has 0 bridgehead atoms. The van der Waals surface area contributed by atoms with Crippen LogP contribution in [0.4, 0.5) is 5.69 Å². The van der Waals surface area contributed by atoms with Crippen LogP contribution in [0.1, 0.15) is 31.4 Å². The predicted octanol–water partition coefficient (Wildman–Crippen LogP) is 3.10. The van der Waals surface area contributed by atoms with E-state index in [1.807, 2.05) is 6.07 Å². The molecule has 82 valence electrons. The van der Waals surface area contributed by atoms with Crippen LogP contribution in [0, 0.1) is 6.92 Å². The fourth-order valence-corrected chi connectivity index (χ4v) is 2.53. The number of anilines is 1. The lowest BCUT2D eigenvalue weighted by atomic mass is 9.76. The first-order chi connectivity index (χ1) is 7.06. The number of ether oxygens (including phenoxy) is 1. The van der Waals surface area contributed by atoms with Crippen LogP contribution in [0.2, 0.25) is 0 Å². The summed E-state index contributed by atoms with van der Waals surface area (Å²) in [6.45, 7) is 7.81. The first-order valence-corrected chi connectivity index (χ1v) is 5.48. The van der Waals surface area contributed by atoms with Crippen molar-refractivity contribution in [3.05, 3.63) is 23.3 Å². The van der Waals surface area contributed by atoms with E-state index >= 15 is 0 Å². The number of aryl methyl sites for hydroxylation is 1. The molecule has 1 aliphatic rings. The average molecular weight is 205 g/mol. The smallest absolute Gasteiger partial charge is 0.142 e. The summed E-state index contributed by atoms with van der Waals surface area (Å²) in [6.07, 6.45) is 1.17. The predicted molar refractivity (Wildman–Crippen MR) is 63.9 cm³/mol. The van der Waals surface area contributed by atoms with Crippen molar-refractivity contribution in [3.8, 4) is 5.75 Å². The summed E-state index contributed by atoms with van der Waals surface area (Å²) in [5.41, 5.74) is 4.20. The van der Waals surface area contributed by atoms with Gasteiger partial charge < -0.3 is 10.1 Å². The quantitative estimate of drug-likeness (QED) is 0.760. The van der Waals surface area contributed by atoms with Gasteiger partial charge in [-0.15, -0.1) is 0 Å². The van der Waals surface area contributed by atoms with Gasteiger partial charge in [0.15, 0.2) is 0 Å². The van der Waals surface area contributed by atoms with E-state index in [0.29, 0.717) is 0 Å². The van der Waals surface area contributed by atoms with E-state index in [0.717, 1.165) is 12.3 Å². The summed E-state index contributed by atoms with van der Waals surface area (Å²) < 4.78 is 5.40. The first kappa shape index (κ1) is 10.3. The molecule has 2 rings (SSSR count). The molecule has 15 heavy (non-hydrogen) atoms. The van der Waals surface area contributed by atoms with Crippen molar-refractivity contribution in [2.75, 3.05) is 19.0 Å². The SMILES string of the molecule is COc1ccc(C)c2c1NCCC2(C)C. The number of methoxy groups -OCH3 is 1. The molecule has 1 aromatic carbocycles. The molecule has 0 unspecified atom stereocenters. The summed E-state index contributed by atoms with van der Waals surface area (Å²) in [7, 11) is 1.73. The van der Waals surface area contributed by atoms with Crippen LogP contribution < -0.4 is 10.1 Å². The first-order valence-electron chi connectivity index (χ1n) is 5.48. The molecule has 0 aromatic heterocycles. The second kappa shape index (κ2) is 3.44. The Morgan fingerprint density at radius 3 is 2.73 bits per heavy atom. The Labute approximate surface area is 91.6 Å². The monoisotopic (exact) mass is 205 g/mol. The molecule has 1 aromatic rings. The summed E-state index contributed by atoms with van der Waals surface area (Å²) in [6, 6.07) is 4.19. The van der Waals surface area contributed by atoms with Gasteiger partial charge in [-0.25, -0.2) is 0 Å². The van der Waals surface area contributed by atoms with Gasteiger partial charge in [0, 0.05) is 6.54 Å².